The summed E-state index contributed by atoms with van der Waals surface area (Å²) in [5, 5.41) is 6.93. The Hall–Kier alpha value is -1.59. The van der Waals surface area contributed by atoms with Crippen molar-refractivity contribution in [2.75, 3.05) is 17.6 Å². The number of nitrogens with one attached hydrogen (secondary N) is 2. The molecular weight excluding hydrogens is 310 g/mol. The summed E-state index contributed by atoms with van der Waals surface area (Å²) < 4.78 is 0. The molecule has 0 aliphatic rings. The lowest BCUT2D eigenvalue weighted by Gasteiger charge is -2.09. The van der Waals surface area contributed by atoms with Gasteiger partial charge in [-0.15, -0.1) is 0 Å². The summed E-state index contributed by atoms with van der Waals surface area (Å²) in [6.45, 7) is 2.89. The van der Waals surface area contributed by atoms with Gasteiger partial charge in [-0.3, -0.25) is 0 Å². The van der Waals surface area contributed by atoms with Crippen molar-refractivity contribution in [1.82, 2.24) is 10.3 Å². The first kappa shape index (κ1) is 16.8. The highest BCUT2D eigenvalue weighted by Gasteiger charge is 1.98. The van der Waals surface area contributed by atoms with Gasteiger partial charge in [0.15, 0.2) is 5.11 Å². The van der Waals surface area contributed by atoms with E-state index in [9.17, 15) is 0 Å². The van der Waals surface area contributed by atoms with Gasteiger partial charge in [0.25, 0.3) is 0 Å². The zero-order chi connectivity index (χ0) is 15.6. The number of hydrogen-bond acceptors (Lipinski definition) is 3. The normalized spacial score (nSPS) is 10.2. The Morgan fingerprint density at radius 3 is 2.73 bits per heavy atom. The molecule has 0 saturated heterocycles. The van der Waals surface area contributed by atoms with E-state index in [1.54, 1.807) is 0 Å². The summed E-state index contributed by atoms with van der Waals surface area (Å²) in [4.78, 5) is 4.27. The summed E-state index contributed by atoms with van der Waals surface area (Å²) in [6.07, 6.45) is 2.91. The van der Waals surface area contributed by atoms with Crippen LogP contribution in [-0.2, 0) is 5.75 Å². The molecule has 2 aromatic rings. The van der Waals surface area contributed by atoms with E-state index < -0.39 is 0 Å². The summed E-state index contributed by atoms with van der Waals surface area (Å²) in [7, 11) is 0. The monoisotopic (exact) mass is 331 g/mol. The molecule has 116 valence electrons. The van der Waals surface area contributed by atoms with Gasteiger partial charge in [-0.2, -0.15) is 11.8 Å². The van der Waals surface area contributed by atoms with E-state index in [0.29, 0.717) is 5.11 Å². The van der Waals surface area contributed by atoms with E-state index in [2.05, 4.69) is 45.9 Å². The number of aryl methyl sites for hydroxylation is 1. The maximum atomic E-state index is 5.25. The number of rotatable bonds is 7. The summed E-state index contributed by atoms with van der Waals surface area (Å²) in [5.41, 5.74) is 2.52. The lowest BCUT2D eigenvalue weighted by molar-refractivity contribution is 0.854. The molecule has 3 nitrogen and oxygen atoms in total. The predicted molar refractivity (Wildman–Crippen MR) is 100 cm³/mol. The Morgan fingerprint density at radius 1 is 1.18 bits per heavy atom. The van der Waals surface area contributed by atoms with Crippen LogP contribution in [0.1, 0.15) is 17.5 Å². The standard InChI is InChI=1S/C17H21N3S2/c1-14-8-9-16(19-12-14)20-17(21)18-10-5-11-22-13-15-6-3-2-4-7-15/h2-4,6-9,12H,5,10-11,13H2,1H3,(H2,18,19,20,21). The van der Waals surface area contributed by atoms with E-state index in [4.69, 9.17) is 12.2 Å². The van der Waals surface area contributed by atoms with Gasteiger partial charge >= 0.3 is 0 Å². The van der Waals surface area contributed by atoms with Crippen molar-refractivity contribution in [2.45, 2.75) is 19.1 Å². The molecule has 0 bridgehead atoms. The molecule has 1 aromatic carbocycles. The average Bonchev–Trinajstić information content (AvgIpc) is 2.54. The number of thioether (sulfide) groups is 1. The fourth-order valence-corrected chi connectivity index (χ4v) is 2.97. The molecule has 2 rings (SSSR count). The van der Waals surface area contributed by atoms with Crippen molar-refractivity contribution in [1.29, 1.82) is 0 Å². The van der Waals surface area contributed by atoms with Gasteiger partial charge in [0.05, 0.1) is 0 Å². The highest BCUT2D eigenvalue weighted by Crippen LogP contribution is 2.12. The Bertz CT molecular complexity index is 570. The molecular formula is C17H21N3S2. The molecule has 0 saturated carbocycles. The fourth-order valence-electron chi connectivity index (χ4n) is 1.84. The molecule has 1 aromatic heterocycles. The molecule has 0 amide bonds. The van der Waals surface area contributed by atoms with Crippen LogP contribution < -0.4 is 10.6 Å². The van der Waals surface area contributed by atoms with Gasteiger partial charge < -0.3 is 10.6 Å². The van der Waals surface area contributed by atoms with Gasteiger partial charge in [-0.25, -0.2) is 4.98 Å². The van der Waals surface area contributed by atoms with Crippen molar-refractivity contribution in [3.63, 3.8) is 0 Å². The molecule has 22 heavy (non-hydrogen) atoms. The van der Waals surface area contributed by atoms with Crippen molar-refractivity contribution in [2.24, 2.45) is 0 Å². The first-order chi connectivity index (χ1) is 10.7. The third-order valence-corrected chi connectivity index (χ3v) is 4.38. The maximum absolute atomic E-state index is 5.25. The largest absolute Gasteiger partial charge is 0.362 e. The highest BCUT2D eigenvalue weighted by atomic mass is 32.2. The molecule has 0 fully saturated rings. The Labute approximate surface area is 141 Å². The van der Waals surface area contributed by atoms with Crippen LogP contribution in [-0.4, -0.2) is 22.4 Å². The Kier molecular flexibility index (Phi) is 7.19. The first-order valence-electron chi connectivity index (χ1n) is 7.33. The van der Waals surface area contributed by atoms with E-state index in [-0.39, 0.29) is 0 Å². The maximum Gasteiger partial charge on any atom is 0.171 e. The second-order valence-corrected chi connectivity index (χ2v) is 6.51. The van der Waals surface area contributed by atoms with Crippen LogP contribution in [0.5, 0.6) is 0 Å². The summed E-state index contributed by atoms with van der Waals surface area (Å²) in [6, 6.07) is 14.5. The molecule has 5 heteroatoms. The van der Waals surface area contributed by atoms with Crippen LogP contribution in [0.15, 0.2) is 48.7 Å². The highest BCUT2D eigenvalue weighted by molar-refractivity contribution is 7.98. The van der Waals surface area contributed by atoms with Crippen LogP contribution in [0.2, 0.25) is 0 Å². The molecule has 1 heterocycles. The Morgan fingerprint density at radius 2 is 2.00 bits per heavy atom. The van der Waals surface area contributed by atoms with Crippen molar-refractivity contribution >= 4 is 34.9 Å². The van der Waals surface area contributed by atoms with Crippen LogP contribution in [0.25, 0.3) is 0 Å². The molecule has 0 aliphatic carbocycles. The lowest BCUT2D eigenvalue weighted by Crippen LogP contribution is -2.29. The van der Waals surface area contributed by atoms with Crippen LogP contribution >= 0.6 is 24.0 Å². The van der Waals surface area contributed by atoms with Gasteiger partial charge in [0.2, 0.25) is 0 Å². The minimum atomic E-state index is 0.629. The van der Waals surface area contributed by atoms with E-state index in [1.807, 2.05) is 37.0 Å². The number of benzene rings is 1. The van der Waals surface area contributed by atoms with Gasteiger partial charge in [-0.05, 0) is 48.5 Å². The van der Waals surface area contributed by atoms with Gasteiger partial charge in [-0.1, -0.05) is 36.4 Å². The third kappa shape index (κ3) is 6.45. The van der Waals surface area contributed by atoms with Crippen LogP contribution in [0.4, 0.5) is 5.82 Å². The number of pyridine rings is 1. The molecule has 0 spiro atoms. The zero-order valence-corrected chi connectivity index (χ0v) is 14.3. The number of anilines is 1. The van der Waals surface area contributed by atoms with E-state index >= 15 is 0 Å². The van der Waals surface area contributed by atoms with Crippen LogP contribution in [0, 0.1) is 6.92 Å². The third-order valence-electron chi connectivity index (χ3n) is 3.02. The minimum Gasteiger partial charge on any atom is -0.362 e. The number of aromatic nitrogens is 1. The van der Waals surface area contributed by atoms with Gasteiger partial charge in [0, 0.05) is 18.5 Å². The average molecular weight is 332 g/mol. The Balaban J connectivity index is 1.54. The molecule has 0 unspecified atom stereocenters. The van der Waals surface area contributed by atoms with Crippen LogP contribution in [0.3, 0.4) is 0 Å². The predicted octanol–water partition coefficient (Wildman–Crippen LogP) is 4.00. The van der Waals surface area contributed by atoms with Gasteiger partial charge in [0.1, 0.15) is 5.82 Å². The number of nitrogens with zero attached hydrogens (tertiary/aromatic N) is 1. The second kappa shape index (κ2) is 9.43. The van der Waals surface area contributed by atoms with Crippen molar-refractivity contribution < 1.29 is 0 Å². The second-order valence-electron chi connectivity index (χ2n) is 4.99. The fraction of sp³-hybridized carbons (Fsp3) is 0.294. The first-order valence-corrected chi connectivity index (χ1v) is 8.89. The van der Waals surface area contributed by atoms with Crippen molar-refractivity contribution in [3.8, 4) is 0 Å². The lowest BCUT2D eigenvalue weighted by atomic mass is 10.2. The van der Waals surface area contributed by atoms with Crippen molar-refractivity contribution in [3.05, 3.63) is 59.8 Å². The molecule has 0 atom stereocenters. The summed E-state index contributed by atoms with van der Waals surface area (Å²) in [5.74, 6) is 2.96. The zero-order valence-electron chi connectivity index (χ0n) is 12.7. The molecule has 0 radical (unpaired) electrons. The minimum absolute atomic E-state index is 0.629. The van der Waals surface area contributed by atoms with E-state index in [0.717, 1.165) is 35.9 Å². The number of thiocarbonyl (C=S) groups is 1. The smallest absolute Gasteiger partial charge is 0.171 e. The quantitative estimate of drug-likeness (QED) is 0.592. The van der Waals surface area contributed by atoms with E-state index in [1.165, 1.54) is 5.56 Å². The number of hydrogen-bond donors (Lipinski definition) is 2. The SMILES string of the molecule is Cc1ccc(NC(=S)NCCCSCc2ccccc2)nc1. The topological polar surface area (TPSA) is 37.0 Å². The molecule has 0 aliphatic heterocycles. The summed E-state index contributed by atoms with van der Waals surface area (Å²) >= 11 is 7.20. The molecule has 2 N–H and O–H groups in total.